The number of anilines is 2. The Morgan fingerprint density at radius 2 is 1.75 bits per heavy atom. The summed E-state index contributed by atoms with van der Waals surface area (Å²) in [5.41, 5.74) is 0.836. The highest BCUT2D eigenvalue weighted by Gasteiger charge is 2.30. The molecule has 2 aromatic carbocycles. The Bertz CT molecular complexity index is 943. The van der Waals surface area contributed by atoms with Crippen molar-refractivity contribution in [1.29, 1.82) is 0 Å². The molecule has 0 aromatic heterocycles. The minimum Gasteiger partial charge on any atom is -0.449 e. The molecule has 0 aliphatic carbocycles. The van der Waals surface area contributed by atoms with E-state index in [4.69, 9.17) is 16.3 Å². The van der Waals surface area contributed by atoms with Gasteiger partial charge >= 0.3 is 5.97 Å². The average molecular weight is 401 g/mol. The van der Waals surface area contributed by atoms with Gasteiger partial charge in [0.25, 0.3) is 5.91 Å². The predicted octanol–water partition coefficient (Wildman–Crippen LogP) is 3.18. The molecule has 144 valence electrons. The maximum absolute atomic E-state index is 12.4. The van der Waals surface area contributed by atoms with Gasteiger partial charge in [0.2, 0.25) is 11.8 Å². The Hall–Kier alpha value is -3.19. The van der Waals surface area contributed by atoms with Crippen molar-refractivity contribution in [2.75, 3.05) is 10.2 Å². The number of amides is 3. The molecule has 8 heteroatoms. The molecule has 0 bridgehead atoms. The number of halogens is 1. The maximum atomic E-state index is 12.4. The number of carbonyl (C=O) groups excluding carboxylic acids is 4. The monoisotopic (exact) mass is 400 g/mol. The van der Waals surface area contributed by atoms with E-state index >= 15 is 0 Å². The van der Waals surface area contributed by atoms with E-state index in [1.807, 2.05) is 0 Å². The Kier molecular flexibility index (Phi) is 5.75. The normalized spacial score (nSPS) is 14.7. The van der Waals surface area contributed by atoms with Crippen molar-refractivity contribution in [3.8, 4) is 0 Å². The number of para-hydroxylation sites is 1. The van der Waals surface area contributed by atoms with E-state index in [0.29, 0.717) is 16.4 Å². The van der Waals surface area contributed by atoms with Gasteiger partial charge in [-0.15, -0.1) is 0 Å². The van der Waals surface area contributed by atoms with Gasteiger partial charge in [-0.25, -0.2) is 4.79 Å². The first kappa shape index (κ1) is 19.6. The number of hydrogen-bond acceptors (Lipinski definition) is 5. The van der Waals surface area contributed by atoms with Crippen LogP contribution in [0.3, 0.4) is 0 Å². The van der Waals surface area contributed by atoms with Gasteiger partial charge < -0.3 is 10.1 Å². The predicted molar refractivity (Wildman–Crippen MR) is 103 cm³/mol. The molecule has 0 radical (unpaired) electrons. The van der Waals surface area contributed by atoms with Gasteiger partial charge in [0.1, 0.15) is 0 Å². The summed E-state index contributed by atoms with van der Waals surface area (Å²) in [7, 11) is 0. The van der Waals surface area contributed by atoms with Crippen LogP contribution in [0.25, 0.3) is 0 Å². The number of ether oxygens (including phenoxy) is 1. The highest BCUT2D eigenvalue weighted by atomic mass is 35.5. The zero-order chi connectivity index (χ0) is 20.3. The number of rotatable bonds is 5. The van der Waals surface area contributed by atoms with Gasteiger partial charge in [-0.05, 0) is 37.3 Å². The quantitative estimate of drug-likeness (QED) is 0.614. The van der Waals surface area contributed by atoms with Crippen LogP contribution in [0.1, 0.15) is 30.1 Å². The fraction of sp³-hybridized carbons (Fsp3) is 0.200. The van der Waals surface area contributed by atoms with Crippen LogP contribution < -0.4 is 10.2 Å². The first-order valence-electron chi connectivity index (χ1n) is 8.59. The smallest absolute Gasteiger partial charge is 0.338 e. The van der Waals surface area contributed by atoms with Crippen LogP contribution in [0.5, 0.6) is 0 Å². The Balaban J connectivity index is 1.68. The summed E-state index contributed by atoms with van der Waals surface area (Å²) in [6.45, 7) is 1.43. The zero-order valence-corrected chi connectivity index (χ0v) is 15.7. The average Bonchev–Trinajstić information content (AvgIpc) is 3.01. The second-order valence-corrected chi connectivity index (χ2v) is 6.60. The van der Waals surface area contributed by atoms with Crippen molar-refractivity contribution in [3.63, 3.8) is 0 Å². The second-order valence-electron chi connectivity index (χ2n) is 6.19. The summed E-state index contributed by atoms with van der Waals surface area (Å²) >= 11 is 6.00. The van der Waals surface area contributed by atoms with Crippen molar-refractivity contribution in [1.82, 2.24) is 0 Å². The molecule has 1 atom stereocenters. The molecule has 1 saturated heterocycles. The van der Waals surface area contributed by atoms with Gasteiger partial charge in [0, 0.05) is 12.8 Å². The Morgan fingerprint density at radius 1 is 1.07 bits per heavy atom. The second kappa shape index (κ2) is 8.22. The van der Waals surface area contributed by atoms with Crippen LogP contribution in [-0.2, 0) is 19.1 Å². The molecule has 1 aliphatic heterocycles. The molecule has 3 rings (SSSR count). The first-order valence-corrected chi connectivity index (χ1v) is 8.97. The number of benzene rings is 2. The van der Waals surface area contributed by atoms with Crippen molar-refractivity contribution < 1.29 is 23.9 Å². The molecule has 2 aromatic rings. The maximum Gasteiger partial charge on any atom is 0.338 e. The molecule has 28 heavy (non-hydrogen) atoms. The summed E-state index contributed by atoms with van der Waals surface area (Å²) < 4.78 is 5.20. The molecular formula is C20H17ClN2O5. The highest BCUT2D eigenvalue weighted by molar-refractivity contribution is 6.33. The van der Waals surface area contributed by atoms with Gasteiger partial charge in [-0.2, -0.15) is 0 Å². The fourth-order valence-electron chi connectivity index (χ4n) is 2.72. The molecule has 0 unspecified atom stereocenters. The lowest BCUT2D eigenvalue weighted by Gasteiger charge is -2.16. The van der Waals surface area contributed by atoms with E-state index in [0.717, 1.165) is 4.90 Å². The molecule has 7 nitrogen and oxygen atoms in total. The Labute approximate surface area is 166 Å². The third-order valence-electron chi connectivity index (χ3n) is 4.18. The molecule has 1 aliphatic rings. The molecule has 1 N–H and O–H groups in total. The minimum atomic E-state index is -1.08. The highest BCUT2D eigenvalue weighted by Crippen LogP contribution is 2.24. The third kappa shape index (κ3) is 4.20. The van der Waals surface area contributed by atoms with Crippen molar-refractivity contribution in [2.24, 2.45) is 0 Å². The number of nitrogens with one attached hydrogen (secondary N) is 1. The zero-order valence-electron chi connectivity index (χ0n) is 15.0. The van der Waals surface area contributed by atoms with Crippen LogP contribution in [-0.4, -0.2) is 29.8 Å². The third-order valence-corrected chi connectivity index (χ3v) is 4.51. The molecule has 3 amide bonds. The lowest BCUT2D eigenvalue weighted by atomic mass is 10.2. The summed E-state index contributed by atoms with van der Waals surface area (Å²) in [5.74, 6) is -1.92. The number of nitrogens with zero attached hydrogens (tertiary/aromatic N) is 1. The standard InChI is InChI=1S/C20H17ClN2O5/c1-12(19(26)22-16-8-3-2-7-15(16)21)28-20(27)13-5-4-6-14(11-13)23-17(24)9-10-18(23)25/h2-8,11-12H,9-10H2,1H3,(H,22,26)/t12-/m0/s1. The van der Waals surface area contributed by atoms with E-state index in [-0.39, 0.29) is 30.2 Å². The SMILES string of the molecule is C[C@H](OC(=O)c1cccc(N2C(=O)CCC2=O)c1)C(=O)Nc1ccccc1Cl. The van der Waals surface area contributed by atoms with E-state index < -0.39 is 18.0 Å². The van der Waals surface area contributed by atoms with Gasteiger partial charge in [0.05, 0.1) is 22.0 Å². The van der Waals surface area contributed by atoms with Crippen LogP contribution in [0.2, 0.25) is 5.02 Å². The molecule has 1 fully saturated rings. The lowest BCUT2D eigenvalue weighted by Crippen LogP contribution is -2.30. The topological polar surface area (TPSA) is 92.8 Å². The van der Waals surface area contributed by atoms with Crippen molar-refractivity contribution in [2.45, 2.75) is 25.9 Å². The van der Waals surface area contributed by atoms with Gasteiger partial charge in [-0.1, -0.05) is 29.8 Å². The molecular weight excluding hydrogens is 384 g/mol. The molecule has 0 spiro atoms. The van der Waals surface area contributed by atoms with Crippen LogP contribution in [0, 0.1) is 0 Å². The number of carbonyl (C=O) groups is 4. The summed E-state index contributed by atoms with van der Waals surface area (Å²) in [6, 6.07) is 12.7. The van der Waals surface area contributed by atoms with Gasteiger partial charge in [-0.3, -0.25) is 19.3 Å². The van der Waals surface area contributed by atoms with Crippen LogP contribution in [0.15, 0.2) is 48.5 Å². The van der Waals surface area contributed by atoms with Crippen molar-refractivity contribution in [3.05, 3.63) is 59.1 Å². The van der Waals surface area contributed by atoms with E-state index in [1.54, 1.807) is 36.4 Å². The van der Waals surface area contributed by atoms with Gasteiger partial charge in [0.15, 0.2) is 6.10 Å². The van der Waals surface area contributed by atoms with E-state index in [9.17, 15) is 19.2 Å². The number of hydrogen-bond donors (Lipinski definition) is 1. The summed E-state index contributed by atoms with van der Waals surface area (Å²) in [4.78, 5) is 49.4. The summed E-state index contributed by atoms with van der Waals surface area (Å²) in [5, 5.41) is 2.95. The first-order chi connectivity index (χ1) is 13.4. The number of esters is 1. The number of imide groups is 1. The van der Waals surface area contributed by atoms with Crippen molar-refractivity contribution >= 4 is 46.7 Å². The lowest BCUT2D eigenvalue weighted by molar-refractivity contribution is -0.124. The Morgan fingerprint density at radius 3 is 2.43 bits per heavy atom. The van der Waals surface area contributed by atoms with Crippen LogP contribution >= 0.6 is 11.6 Å². The fourth-order valence-corrected chi connectivity index (χ4v) is 2.90. The van der Waals surface area contributed by atoms with Crippen LogP contribution in [0.4, 0.5) is 11.4 Å². The van der Waals surface area contributed by atoms with E-state index in [1.165, 1.54) is 19.1 Å². The molecule has 1 heterocycles. The minimum absolute atomic E-state index is 0.127. The molecule has 0 saturated carbocycles. The van der Waals surface area contributed by atoms with E-state index in [2.05, 4.69) is 5.32 Å². The summed E-state index contributed by atoms with van der Waals surface area (Å²) in [6.07, 6.45) is -0.790. The largest absolute Gasteiger partial charge is 0.449 e.